The molecular weight excluding hydrogens is 1130 g/mol. The smallest absolute Gasteiger partial charge is 0.303 e. The van der Waals surface area contributed by atoms with E-state index in [1.807, 2.05) is 0 Å². The lowest BCUT2D eigenvalue weighted by molar-refractivity contribution is -0.138. The van der Waals surface area contributed by atoms with Crippen molar-refractivity contribution in [2.24, 2.45) is 0 Å². The Hall–Kier alpha value is -6.62. The van der Waals surface area contributed by atoms with E-state index in [-0.39, 0.29) is 77.0 Å². The highest BCUT2D eigenvalue weighted by molar-refractivity contribution is 5.69. The summed E-state index contributed by atoms with van der Waals surface area (Å²) in [5.74, 6) is -8.88. The van der Waals surface area contributed by atoms with E-state index in [0.29, 0.717) is 0 Å². The quantitative estimate of drug-likeness (QED) is 0.0199. The molecule has 0 fully saturated rings. The fraction of sp³-hybridized carbons (Fsp3) is 0.774. The maximum absolute atomic E-state index is 10.1. The van der Waals surface area contributed by atoms with Gasteiger partial charge in [-0.25, -0.2) is 0 Å². The lowest BCUT2D eigenvalue weighted by atomic mass is 10.1. The summed E-state index contributed by atoms with van der Waals surface area (Å²) in [5.41, 5.74) is 0. The van der Waals surface area contributed by atoms with Gasteiger partial charge in [-0.1, -0.05) is 154 Å². The first-order valence-electron chi connectivity index (χ1n) is 30.9. The van der Waals surface area contributed by atoms with Crippen LogP contribution in [-0.4, -0.2) is 133 Å². The minimum absolute atomic E-state index is 0.245. The van der Waals surface area contributed by atoms with Crippen LogP contribution in [-0.2, 0) is 57.5 Å². The van der Waals surface area contributed by atoms with Crippen LogP contribution in [0.2, 0.25) is 0 Å². The van der Waals surface area contributed by atoms with Crippen molar-refractivity contribution in [3.63, 3.8) is 0 Å². The zero-order chi connectivity index (χ0) is 66.9. The van der Waals surface area contributed by atoms with E-state index in [0.717, 1.165) is 231 Å². The molecule has 12 N–H and O–H groups in total. The summed E-state index contributed by atoms with van der Waals surface area (Å²) in [4.78, 5) is 122. The monoisotopic (exact) mass is 1240 g/mol. The molecule has 24 nitrogen and oxygen atoms in total. The van der Waals surface area contributed by atoms with Crippen LogP contribution in [0, 0.1) is 0 Å². The standard InChI is InChI=1S/6C10H18O4.C2H4/c6*11-9(12)7-5-3-1-2-4-6-8-10(13)14;1-2/h6*1-8H2,(H,11,12)(H,13,14);1-2H2. The first-order valence-corrected chi connectivity index (χ1v) is 30.9. The Bertz CT molecular complexity index is 1270. The van der Waals surface area contributed by atoms with E-state index in [4.69, 9.17) is 61.3 Å². The van der Waals surface area contributed by atoms with Gasteiger partial charge in [-0.05, 0) is 77.0 Å². The first-order chi connectivity index (χ1) is 40.8. The van der Waals surface area contributed by atoms with Crippen LogP contribution in [0.5, 0.6) is 0 Å². The Balaban J connectivity index is -0.000000173. The van der Waals surface area contributed by atoms with Crippen LogP contribution in [0.25, 0.3) is 0 Å². The number of unbranched alkanes of at least 4 members (excludes halogenated alkanes) is 30. The average molecular weight is 1240 g/mol. The van der Waals surface area contributed by atoms with Crippen LogP contribution in [0.15, 0.2) is 13.2 Å². The molecule has 0 heterocycles. The molecule has 86 heavy (non-hydrogen) atoms. The third-order valence-corrected chi connectivity index (χ3v) is 12.2. The van der Waals surface area contributed by atoms with Gasteiger partial charge < -0.3 is 61.3 Å². The van der Waals surface area contributed by atoms with Gasteiger partial charge in [0.25, 0.3) is 0 Å². The SMILES string of the molecule is C=C.O=C(O)CCCCCCCCC(=O)O.O=C(O)CCCCCCCCC(=O)O.O=C(O)CCCCCCCCC(=O)O.O=C(O)CCCCCCCCC(=O)O.O=C(O)CCCCCCCCC(=O)O.O=C(O)CCCCCCCCC(=O)O. The van der Waals surface area contributed by atoms with Crippen LogP contribution < -0.4 is 0 Å². The number of carboxylic acids is 12. The largest absolute Gasteiger partial charge is 0.481 e. The van der Waals surface area contributed by atoms with Crippen LogP contribution in [0.1, 0.15) is 308 Å². The molecule has 0 rings (SSSR count). The van der Waals surface area contributed by atoms with Gasteiger partial charge in [0.05, 0.1) is 0 Å². The van der Waals surface area contributed by atoms with Crippen LogP contribution in [0.4, 0.5) is 0 Å². The van der Waals surface area contributed by atoms with Crippen molar-refractivity contribution in [3.05, 3.63) is 13.2 Å². The highest BCUT2D eigenvalue weighted by Crippen LogP contribution is 2.13. The third-order valence-electron chi connectivity index (χ3n) is 12.2. The normalized spacial score (nSPS) is 9.81. The van der Waals surface area contributed by atoms with E-state index in [9.17, 15) is 57.5 Å². The molecule has 0 spiro atoms. The zero-order valence-electron chi connectivity index (χ0n) is 51.6. The van der Waals surface area contributed by atoms with Crippen molar-refractivity contribution in [1.82, 2.24) is 0 Å². The molecule has 0 radical (unpaired) electrons. The minimum Gasteiger partial charge on any atom is -0.481 e. The lowest BCUT2D eigenvalue weighted by Crippen LogP contribution is -1.94. The van der Waals surface area contributed by atoms with Gasteiger partial charge >= 0.3 is 71.6 Å². The van der Waals surface area contributed by atoms with Crippen molar-refractivity contribution in [2.45, 2.75) is 308 Å². The molecule has 0 aliphatic rings. The fourth-order valence-electron chi connectivity index (χ4n) is 7.56. The number of hydrogen-bond donors (Lipinski definition) is 12. The van der Waals surface area contributed by atoms with E-state index >= 15 is 0 Å². The summed E-state index contributed by atoms with van der Waals surface area (Å²) in [5, 5.41) is 100. The molecular formula is C62H112O24. The Labute approximate surface area is 510 Å². The van der Waals surface area contributed by atoms with Crippen molar-refractivity contribution >= 4 is 71.6 Å². The summed E-state index contributed by atoms with van der Waals surface area (Å²) >= 11 is 0. The molecule has 0 atom stereocenters. The second-order valence-electron chi connectivity index (χ2n) is 20.5. The van der Waals surface area contributed by atoms with Gasteiger partial charge in [0.1, 0.15) is 0 Å². The molecule has 0 aromatic heterocycles. The number of rotatable bonds is 54. The van der Waals surface area contributed by atoms with Gasteiger partial charge in [-0.15, -0.1) is 13.2 Å². The summed E-state index contributed by atoms with van der Waals surface area (Å²) in [6.45, 7) is 6.00. The molecule has 0 aromatic rings. The van der Waals surface area contributed by atoms with Gasteiger partial charge in [0, 0.05) is 77.0 Å². The zero-order valence-corrected chi connectivity index (χ0v) is 51.6. The molecule has 0 saturated carbocycles. The van der Waals surface area contributed by atoms with Gasteiger partial charge in [-0.2, -0.15) is 0 Å². The summed E-state index contributed by atoms with van der Waals surface area (Å²) in [6, 6.07) is 0. The van der Waals surface area contributed by atoms with Gasteiger partial charge in [0.15, 0.2) is 0 Å². The molecule has 24 heteroatoms. The lowest BCUT2D eigenvalue weighted by Gasteiger charge is -1.98. The summed E-state index contributed by atoms with van der Waals surface area (Å²) in [7, 11) is 0. The number of hydrogen-bond acceptors (Lipinski definition) is 12. The highest BCUT2D eigenvalue weighted by Gasteiger charge is 2.04. The van der Waals surface area contributed by atoms with Crippen molar-refractivity contribution in [2.75, 3.05) is 0 Å². The van der Waals surface area contributed by atoms with Crippen molar-refractivity contribution in [3.8, 4) is 0 Å². The molecule has 0 bridgehead atoms. The highest BCUT2D eigenvalue weighted by atomic mass is 16.4. The van der Waals surface area contributed by atoms with Gasteiger partial charge in [-0.3, -0.25) is 57.5 Å². The number of carboxylic acid groups (broad SMARTS) is 12. The first kappa shape index (κ1) is 93.1. The Morgan fingerprint density at radius 2 is 0.174 bits per heavy atom. The van der Waals surface area contributed by atoms with Crippen molar-refractivity contribution in [1.29, 1.82) is 0 Å². The second-order valence-corrected chi connectivity index (χ2v) is 20.5. The maximum atomic E-state index is 10.1. The van der Waals surface area contributed by atoms with E-state index in [1.165, 1.54) is 0 Å². The predicted octanol–water partition coefficient (Wildman–Crippen LogP) is 14.5. The van der Waals surface area contributed by atoms with Crippen LogP contribution in [0.3, 0.4) is 0 Å². The predicted molar refractivity (Wildman–Crippen MR) is 324 cm³/mol. The van der Waals surface area contributed by atoms with Crippen molar-refractivity contribution < 1.29 is 119 Å². The average Bonchev–Trinajstić information content (AvgIpc) is 3.41. The van der Waals surface area contributed by atoms with E-state index in [2.05, 4.69) is 13.2 Å². The molecule has 0 saturated heterocycles. The summed E-state index contributed by atoms with van der Waals surface area (Å²) in [6.07, 6.45) is 34.9. The Morgan fingerprint density at radius 1 is 0.128 bits per heavy atom. The maximum Gasteiger partial charge on any atom is 0.303 e. The van der Waals surface area contributed by atoms with Gasteiger partial charge in [0.2, 0.25) is 0 Å². The Morgan fingerprint density at radius 3 is 0.221 bits per heavy atom. The van der Waals surface area contributed by atoms with E-state index in [1.54, 1.807) is 0 Å². The van der Waals surface area contributed by atoms with E-state index < -0.39 is 71.6 Å². The molecule has 504 valence electrons. The second kappa shape index (κ2) is 78.4. The topological polar surface area (TPSA) is 448 Å². The van der Waals surface area contributed by atoms with Crippen LogP contribution >= 0.6 is 0 Å². The summed E-state index contributed by atoms with van der Waals surface area (Å²) < 4.78 is 0. The Kier molecular flexibility index (Phi) is 84.8. The molecule has 0 aromatic carbocycles. The number of carbonyl (C=O) groups is 12. The molecule has 0 aliphatic carbocycles. The molecule has 0 amide bonds. The molecule has 0 unspecified atom stereocenters. The fourth-order valence-corrected chi connectivity index (χ4v) is 7.56. The third kappa shape index (κ3) is 128. The minimum atomic E-state index is -0.740. The number of aliphatic carboxylic acids is 12. The molecule has 0 aliphatic heterocycles.